The first kappa shape index (κ1) is 13.8. The molecule has 19 heavy (non-hydrogen) atoms. The second kappa shape index (κ2) is 6.55. The highest BCUT2D eigenvalue weighted by molar-refractivity contribution is 5.70. The van der Waals surface area contributed by atoms with Crippen molar-refractivity contribution in [2.45, 2.75) is 32.1 Å². The van der Waals surface area contributed by atoms with Gasteiger partial charge in [-0.15, -0.1) is 0 Å². The van der Waals surface area contributed by atoms with Gasteiger partial charge in [0, 0.05) is 6.07 Å². The van der Waals surface area contributed by atoms with Gasteiger partial charge in [-0.2, -0.15) is 0 Å². The molecule has 2 rings (SSSR count). The number of carboxylic acids is 1. The van der Waals surface area contributed by atoms with E-state index in [-0.39, 0.29) is 18.3 Å². The minimum atomic E-state index is -0.816. The van der Waals surface area contributed by atoms with Gasteiger partial charge < -0.3 is 9.84 Å². The summed E-state index contributed by atoms with van der Waals surface area (Å²) < 4.78 is 18.5. The first-order valence-electron chi connectivity index (χ1n) is 6.78. The van der Waals surface area contributed by atoms with E-state index >= 15 is 0 Å². The van der Waals surface area contributed by atoms with Crippen LogP contribution in [0, 0.1) is 17.7 Å². The molecule has 1 aromatic carbocycles. The van der Waals surface area contributed by atoms with Crippen molar-refractivity contribution < 1.29 is 19.0 Å². The van der Waals surface area contributed by atoms with E-state index in [9.17, 15) is 14.3 Å². The van der Waals surface area contributed by atoms with Crippen LogP contribution in [0.1, 0.15) is 32.1 Å². The molecule has 1 saturated carbocycles. The van der Waals surface area contributed by atoms with Gasteiger partial charge in [-0.05, 0) is 30.9 Å². The van der Waals surface area contributed by atoms with E-state index in [0.717, 1.165) is 25.7 Å². The van der Waals surface area contributed by atoms with E-state index in [4.69, 9.17) is 4.74 Å². The lowest BCUT2D eigenvalue weighted by molar-refractivity contribution is -0.145. The molecule has 3 nitrogen and oxygen atoms in total. The van der Waals surface area contributed by atoms with Gasteiger partial charge in [0.25, 0.3) is 0 Å². The molecule has 0 radical (unpaired) electrons. The minimum absolute atomic E-state index is 0.115. The van der Waals surface area contributed by atoms with Crippen LogP contribution in [0.2, 0.25) is 0 Å². The summed E-state index contributed by atoms with van der Waals surface area (Å²) in [6, 6.07) is 5.81. The third-order valence-electron chi connectivity index (χ3n) is 3.76. The maximum absolute atomic E-state index is 13.0. The smallest absolute Gasteiger partial charge is 0.310 e. The van der Waals surface area contributed by atoms with Crippen molar-refractivity contribution in [3.05, 3.63) is 30.1 Å². The quantitative estimate of drug-likeness (QED) is 0.887. The lowest BCUT2D eigenvalue weighted by Crippen LogP contribution is -2.30. The standard InChI is InChI=1S/C15H19FO3/c16-12-7-4-8-13(9-12)19-10-14(15(17)18)11-5-2-1-3-6-11/h4,7-9,11,14H,1-3,5-6,10H2,(H,17,18). The molecule has 1 unspecified atom stereocenters. The van der Waals surface area contributed by atoms with Crippen LogP contribution in [0.4, 0.5) is 4.39 Å². The molecular weight excluding hydrogens is 247 g/mol. The van der Waals surface area contributed by atoms with E-state index in [0.29, 0.717) is 5.75 Å². The molecule has 1 aliphatic carbocycles. The molecule has 1 aliphatic rings. The highest BCUT2D eigenvalue weighted by Crippen LogP contribution is 2.30. The van der Waals surface area contributed by atoms with Gasteiger partial charge in [-0.25, -0.2) is 4.39 Å². The molecule has 1 atom stereocenters. The van der Waals surface area contributed by atoms with E-state index in [1.807, 2.05) is 0 Å². The molecule has 1 N–H and O–H groups in total. The number of carboxylic acid groups (broad SMARTS) is 1. The summed E-state index contributed by atoms with van der Waals surface area (Å²) in [4.78, 5) is 11.3. The Morgan fingerprint density at radius 1 is 1.37 bits per heavy atom. The lowest BCUT2D eigenvalue weighted by atomic mass is 9.80. The summed E-state index contributed by atoms with van der Waals surface area (Å²) in [5.74, 6) is -1.12. The Morgan fingerprint density at radius 3 is 2.74 bits per heavy atom. The fourth-order valence-corrected chi connectivity index (χ4v) is 2.69. The largest absolute Gasteiger partial charge is 0.493 e. The van der Waals surface area contributed by atoms with Gasteiger partial charge in [0.15, 0.2) is 0 Å². The second-order valence-electron chi connectivity index (χ2n) is 5.11. The normalized spacial score (nSPS) is 17.9. The van der Waals surface area contributed by atoms with Crippen LogP contribution in [-0.2, 0) is 4.79 Å². The molecule has 1 aromatic rings. The number of ether oxygens (including phenoxy) is 1. The zero-order chi connectivity index (χ0) is 13.7. The van der Waals surface area contributed by atoms with Crippen LogP contribution in [-0.4, -0.2) is 17.7 Å². The highest BCUT2D eigenvalue weighted by Gasteiger charge is 2.29. The molecule has 0 aromatic heterocycles. The summed E-state index contributed by atoms with van der Waals surface area (Å²) in [7, 11) is 0. The number of benzene rings is 1. The molecule has 1 fully saturated rings. The summed E-state index contributed by atoms with van der Waals surface area (Å²) >= 11 is 0. The van der Waals surface area contributed by atoms with Crippen LogP contribution in [0.25, 0.3) is 0 Å². The topological polar surface area (TPSA) is 46.5 Å². The van der Waals surface area contributed by atoms with Gasteiger partial charge in [0.2, 0.25) is 0 Å². The first-order valence-corrected chi connectivity index (χ1v) is 6.78. The molecule has 4 heteroatoms. The summed E-state index contributed by atoms with van der Waals surface area (Å²) in [6.07, 6.45) is 5.27. The molecule has 0 aliphatic heterocycles. The van der Waals surface area contributed by atoms with Crippen molar-refractivity contribution in [2.75, 3.05) is 6.61 Å². The van der Waals surface area contributed by atoms with Crippen LogP contribution in [0.15, 0.2) is 24.3 Å². The van der Waals surface area contributed by atoms with Crippen molar-refractivity contribution >= 4 is 5.97 Å². The van der Waals surface area contributed by atoms with Crippen LogP contribution in [0.3, 0.4) is 0 Å². The maximum Gasteiger partial charge on any atom is 0.310 e. The van der Waals surface area contributed by atoms with Crippen LogP contribution >= 0.6 is 0 Å². The Labute approximate surface area is 112 Å². The van der Waals surface area contributed by atoms with Crippen molar-refractivity contribution in [2.24, 2.45) is 11.8 Å². The van der Waals surface area contributed by atoms with Gasteiger partial charge in [0.1, 0.15) is 18.2 Å². The molecule has 0 saturated heterocycles. The second-order valence-corrected chi connectivity index (χ2v) is 5.11. The van der Waals surface area contributed by atoms with Crippen molar-refractivity contribution in [3.8, 4) is 5.75 Å². The predicted molar refractivity (Wildman–Crippen MR) is 69.6 cm³/mol. The SMILES string of the molecule is O=C(O)C(COc1cccc(F)c1)C1CCCCC1. The Morgan fingerprint density at radius 2 is 2.11 bits per heavy atom. The zero-order valence-corrected chi connectivity index (χ0v) is 10.8. The Hall–Kier alpha value is -1.58. The lowest BCUT2D eigenvalue weighted by Gasteiger charge is -2.27. The van der Waals surface area contributed by atoms with Crippen molar-refractivity contribution in [3.63, 3.8) is 0 Å². The zero-order valence-electron chi connectivity index (χ0n) is 10.8. The van der Waals surface area contributed by atoms with E-state index in [1.54, 1.807) is 12.1 Å². The molecule has 0 heterocycles. The number of halogens is 1. The summed E-state index contributed by atoms with van der Waals surface area (Å²) in [5.41, 5.74) is 0. The van der Waals surface area contributed by atoms with Gasteiger partial charge in [-0.3, -0.25) is 4.79 Å². The Kier molecular flexibility index (Phi) is 4.77. The number of aliphatic carboxylic acids is 1. The van der Waals surface area contributed by atoms with E-state index < -0.39 is 11.9 Å². The van der Waals surface area contributed by atoms with Crippen LogP contribution < -0.4 is 4.74 Å². The molecule has 0 bridgehead atoms. The number of hydrogen-bond donors (Lipinski definition) is 1. The number of hydrogen-bond acceptors (Lipinski definition) is 2. The molecule has 0 spiro atoms. The average Bonchev–Trinajstić information content (AvgIpc) is 2.40. The summed E-state index contributed by atoms with van der Waals surface area (Å²) in [5, 5.41) is 9.30. The fraction of sp³-hybridized carbons (Fsp3) is 0.533. The van der Waals surface area contributed by atoms with E-state index in [1.165, 1.54) is 18.6 Å². The summed E-state index contributed by atoms with van der Waals surface area (Å²) in [6.45, 7) is 0.115. The minimum Gasteiger partial charge on any atom is -0.493 e. The third-order valence-corrected chi connectivity index (χ3v) is 3.76. The van der Waals surface area contributed by atoms with Gasteiger partial charge >= 0.3 is 5.97 Å². The highest BCUT2D eigenvalue weighted by atomic mass is 19.1. The van der Waals surface area contributed by atoms with Gasteiger partial charge in [-0.1, -0.05) is 25.3 Å². The average molecular weight is 266 g/mol. The fourth-order valence-electron chi connectivity index (χ4n) is 2.69. The first-order chi connectivity index (χ1) is 9.16. The molecule has 104 valence electrons. The van der Waals surface area contributed by atoms with Crippen molar-refractivity contribution in [1.82, 2.24) is 0 Å². The number of rotatable bonds is 5. The predicted octanol–water partition coefficient (Wildman–Crippen LogP) is 3.49. The van der Waals surface area contributed by atoms with Crippen molar-refractivity contribution in [1.29, 1.82) is 0 Å². The number of carbonyl (C=O) groups is 1. The Bertz CT molecular complexity index is 427. The Balaban J connectivity index is 1.95. The monoisotopic (exact) mass is 266 g/mol. The third kappa shape index (κ3) is 3.94. The van der Waals surface area contributed by atoms with Gasteiger partial charge in [0.05, 0.1) is 5.92 Å². The van der Waals surface area contributed by atoms with E-state index in [2.05, 4.69) is 0 Å². The molecular formula is C15H19FO3. The molecule has 0 amide bonds. The van der Waals surface area contributed by atoms with Crippen LogP contribution in [0.5, 0.6) is 5.75 Å². The maximum atomic E-state index is 13.0.